The quantitative estimate of drug-likeness (QED) is 0.0576. The van der Waals surface area contributed by atoms with Crippen LogP contribution in [0.3, 0.4) is 0 Å². The maximum atomic E-state index is 6.89. The molecule has 354 valence electrons. The van der Waals surface area contributed by atoms with E-state index in [1.54, 1.807) is 0 Å². The lowest BCUT2D eigenvalue weighted by molar-refractivity contribution is -0.150. The highest BCUT2D eigenvalue weighted by Crippen LogP contribution is 2.59. The molecule has 3 aliphatic rings. The Morgan fingerprint density at radius 1 is 0.492 bits per heavy atom. The van der Waals surface area contributed by atoms with Crippen molar-refractivity contribution in [3.63, 3.8) is 0 Å². The van der Waals surface area contributed by atoms with Crippen LogP contribution in [0.25, 0.3) is 11.1 Å². The fourth-order valence-electron chi connectivity index (χ4n) is 9.95. The second kappa shape index (κ2) is 21.1. The minimum atomic E-state index is -0.577. The summed E-state index contributed by atoms with van der Waals surface area (Å²) < 4.78 is 36.7. The molecular formula is C59H82O6. The number of hydrogen-bond acceptors (Lipinski definition) is 6. The molecule has 6 heteroatoms. The summed E-state index contributed by atoms with van der Waals surface area (Å²) in [7, 11) is 0. The minimum Gasteiger partial charge on any atom is -0.490 e. The van der Waals surface area contributed by atoms with E-state index < -0.39 is 5.41 Å². The van der Waals surface area contributed by atoms with E-state index in [4.69, 9.17) is 28.4 Å². The number of hydrogen-bond donors (Lipinski definition) is 0. The van der Waals surface area contributed by atoms with Crippen LogP contribution in [0.15, 0.2) is 72.8 Å². The van der Waals surface area contributed by atoms with E-state index in [1.807, 2.05) is 0 Å². The Labute approximate surface area is 393 Å². The normalized spacial score (nSPS) is 17.0. The second-order valence-electron chi connectivity index (χ2n) is 22.1. The van der Waals surface area contributed by atoms with Crippen LogP contribution in [-0.2, 0) is 35.2 Å². The lowest BCUT2D eigenvalue weighted by Gasteiger charge is -2.40. The summed E-state index contributed by atoms with van der Waals surface area (Å²) in [5, 5.41) is 0. The fraction of sp³-hybridized carbons (Fsp3) is 0.593. The molecule has 0 N–H and O–H groups in total. The zero-order chi connectivity index (χ0) is 46.3. The molecule has 6 nitrogen and oxygen atoms in total. The van der Waals surface area contributed by atoms with Crippen LogP contribution in [0.1, 0.15) is 164 Å². The second-order valence-corrected chi connectivity index (χ2v) is 22.1. The molecule has 7 rings (SSSR count). The van der Waals surface area contributed by atoms with Crippen molar-refractivity contribution in [3.8, 4) is 22.6 Å². The van der Waals surface area contributed by atoms with Gasteiger partial charge in [-0.3, -0.25) is 0 Å². The number of fused-ring (bicyclic) bond motifs is 3. The molecule has 1 aliphatic carbocycles. The lowest BCUT2D eigenvalue weighted by Crippen LogP contribution is -2.45. The highest BCUT2D eigenvalue weighted by Gasteiger charge is 2.48. The first kappa shape index (κ1) is 49.2. The van der Waals surface area contributed by atoms with Gasteiger partial charge in [0, 0.05) is 24.0 Å². The van der Waals surface area contributed by atoms with Crippen molar-refractivity contribution in [1.82, 2.24) is 0 Å². The zero-order valence-electron chi connectivity index (χ0n) is 42.0. The predicted molar refractivity (Wildman–Crippen MR) is 267 cm³/mol. The molecule has 0 bridgehead atoms. The SMILES string of the molecule is CCC1(COCCCCCCOc2ccc(C3(c4cc(C)ccc4C)c4cc(C(C)(C)C)ccc4-c4ccc(C(C)(C)C)cc43)cc2OCCCCCCOCC2(CC)COC2)COC1. The summed E-state index contributed by atoms with van der Waals surface area (Å²) in [6.07, 6.45) is 10.8. The molecular weight excluding hydrogens is 805 g/mol. The highest BCUT2D eigenvalue weighted by atomic mass is 16.5. The van der Waals surface area contributed by atoms with Gasteiger partial charge in [0.15, 0.2) is 11.5 Å². The first-order chi connectivity index (χ1) is 31.1. The fourth-order valence-corrected chi connectivity index (χ4v) is 9.95. The van der Waals surface area contributed by atoms with Gasteiger partial charge in [-0.05, 0) is 138 Å². The predicted octanol–water partition coefficient (Wildman–Crippen LogP) is 14.0. The van der Waals surface area contributed by atoms with Crippen molar-refractivity contribution in [2.24, 2.45) is 10.8 Å². The van der Waals surface area contributed by atoms with E-state index >= 15 is 0 Å². The molecule has 0 atom stereocenters. The molecule has 0 spiro atoms. The summed E-state index contributed by atoms with van der Waals surface area (Å²) in [6, 6.07) is 28.4. The minimum absolute atomic E-state index is 0.0224. The van der Waals surface area contributed by atoms with Crippen LogP contribution in [0, 0.1) is 24.7 Å². The van der Waals surface area contributed by atoms with Crippen LogP contribution >= 0.6 is 0 Å². The smallest absolute Gasteiger partial charge is 0.161 e. The number of rotatable bonds is 24. The van der Waals surface area contributed by atoms with Crippen LogP contribution in [0.2, 0.25) is 0 Å². The molecule has 0 amide bonds. The van der Waals surface area contributed by atoms with E-state index in [1.165, 1.54) is 55.6 Å². The first-order valence-electron chi connectivity index (χ1n) is 25.2. The van der Waals surface area contributed by atoms with Crippen LogP contribution in [0.5, 0.6) is 11.5 Å². The van der Waals surface area contributed by atoms with Gasteiger partial charge < -0.3 is 28.4 Å². The highest BCUT2D eigenvalue weighted by molar-refractivity contribution is 5.87. The van der Waals surface area contributed by atoms with Gasteiger partial charge in [0.05, 0.1) is 58.3 Å². The van der Waals surface area contributed by atoms with Crippen molar-refractivity contribution >= 4 is 0 Å². The number of benzene rings is 4. The van der Waals surface area contributed by atoms with Gasteiger partial charge in [-0.2, -0.15) is 0 Å². The van der Waals surface area contributed by atoms with Crippen molar-refractivity contribution < 1.29 is 28.4 Å². The lowest BCUT2D eigenvalue weighted by atomic mass is 9.65. The maximum Gasteiger partial charge on any atom is 0.161 e. The Hall–Kier alpha value is -3.68. The average molecular weight is 887 g/mol. The molecule has 0 radical (unpaired) electrons. The van der Waals surface area contributed by atoms with Gasteiger partial charge in [0.1, 0.15) is 0 Å². The number of unbranched alkanes of at least 4 members (excludes halogenated alkanes) is 6. The summed E-state index contributed by atoms with van der Waals surface area (Å²) >= 11 is 0. The van der Waals surface area contributed by atoms with Gasteiger partial charge in [-0.25, -0.2) is 0 Å². The summed E-state index contributed by atoms with van der Waals surface area (Å²) in [4.78, 5) is 0. The van der Waals surface area contributed by atoms with Crippen molar-refractivity contribution in [3.05, 3.63) is 117 Å². The van der Waals surface area contributed by atoms with E-state index in [9.17, 15) is 0 Å². The number of aryl methyl sites for hydroxylation is 2. The van der Waals surface area contributed by atoms with E-state index in [2.05, 4.69) is 142 Å². The largest absolute Gasteiger partial charge is 0.490 e. The van der Waals surface area contributed by atoms with Crippen LogP contribution in [0.4, 0.5) is 0 Å². The van der Waals surface area contributed by atoms with Crippen LogP contribution < -0.4 is 9.47 Å². The van der Waals surface area contributed by atoms with Crippen molar-refractivity contribution in [1.29, 1.82) is 0 Å². The van der Waals surface area contributed by atoms with Crippen molar-refractivity contribution in [2.75, 3.05) is 66.1 Å². The third-order valence-corrected chi connectivity index (χ3v) is 14.9. The maximum absolute atomic E-state index is 6.89. The third-order valence-electron chi connectivity index (χ3n) is 14.9. The molecule has 2 heterocycles. The van der Waals surface area contributed by atoms with Gasteiger partial charge in [-0.1, -0.05) is 134 Å². The molecule has 2 saturated heterocycles. The van der Waals surface area contributed by atoms with Gasteiger partial charge >= 0.3 is 0 Å². The molecule has 2 fully saturated rings. The Kier molecular flexibility index (Phi) is 16.0. The Morgan fingerprint density at radius 3 is 1.42 bits per heavy atom. The topological polar surface area (TPSA) is 55.4 Å². The first-order valence-corrected chi connectivity index (χ1v) is 25.2. The monoisotopic (exact) mass is 887 g/mol. The Morgan fingerprint density at radius 2 is 0.969 bits per heavy atom. The average Bonchev–Trinajstić information content (AvgIpc) is 3.54. The summed E-state index contributed by atoms with van der Waals surface area (Å²) in [5.74, 6) is 1.65. The third kappa shape index (κ3) is 11.0. The Bertz CT molecular complexity index is 2110. The van der Waals surface area contributed by atoms with Crippen LogP contribution in [-0.4, -0.2) is 66.1 Å². The molecule has 0 unspecified atom stereocenters. The number of ether oxygens (including phenoxy) is 6. The summed E-state index contributed by atoms with van der Waals surface area (Å²) in [6.45, 7) is 30.8. The van der Waals surface area contributed by atoms with Gasteiger partial charge in [0.2, 0.25) is 0 Å². The molecule has 4 aromatic carbocycles. The molecule has 2 aliphatic heterocycles. The molecule has 4 aromatic rings. The molecule has 0 saturated carbocycles. The van der Waals surface area contributed by atoms with Gasteiger partial charge in [-0.15, -0.1) is 0 Å². The standard InChI is InChI=1S/C59H82O6/c1-11-57(39-62-40-57)37-60-29-17-13-15-19-31-64-53-28-25-47(36-54(53)65-32-20-16-14-18-30-61-38-58(12-2)41-63-42-58)59(50-33-43(3)21-22-44(50)4)51-34-45(55(5,6)7)23-26-48(51)49-27-24-46(35-52(49)59)56(8,9)10/h21-28,33-36H,11-20,29-32,37-42H2,1-10H3. The zero-order valence-corrected chi connectivity index (χ0v) is 42.0. The van der Waals surface area contributed by atoms with E-state index in [-0.39, 0.29) is 21.7 Å². The molecule has 65 heavy (non-hydrogen) atoms. The van der Waals surface area contributed by atoms with E-state index in [0.717, 1.165) is 129 Å². The molecule has 0 aromatic heterocycles. The van der Waals surface area contributed by atoms with Crippen molar-refractivity contribution in [2.45, 2.75) is 150 Å². The Balaban J connectivity index is 1.16. The summed E-state index contributed by atoms with van der Waals surface area (Å²) in [5.41, 5.74) is 12.9. The van der Waals surface area contributed by atoms with E-state index in [0.29, 0.717) is 13.2 Å². The van der Waals surface area contributed by atoms with Gasteiger partial charge in [0.25, 0.3) is 0 Å².